The Bertz CT molecular complexity index is 602. The summed E-state index contributed by atoms with van der Waals surface area (Å²) in [6.07, 6.45) is 2.70. The standard InChI is InChI=1S/C17H21BrN4.HI/c1-19-17(21-12-10-16-5-3-4-11-20-16)22(2)13-14-6-8-15(18)9-7-14;/h3-9,11H,10,12-13H2,1-2H3,(H,19,21);1H. The van der Waals surface area contributed by atoms with Gasteiger partial charge in [-0.15, -0.1) is 24.0 Å². The minimum absolute atomic E-state index is 0. The number of nitrogens with zero attached hydrogens (tertiary/aromatic N) is 3. The van der Waals surface area contributed by atoms with Gasteiger partial charge in [-0.25, -0.2) is 0 Å². The predicted molar refractivity (Wildman–Crippen MR) is 110 cm³/mol. The summed E-state index contributed by atoms with van der Waals surface area (Å²) in [5.74, 6) is 0.888. The van der Waals surface area contributed by atoms with Crippen LogP contribution in [0.25, 0.3) is 0 Å². The van der Waals surface area contributed by atoms with Crippen LogP contribution >= 0.6 is 39.9 Å². The monoisotopic (exact) mass is 488 g/mol. The van der Waals surface area contributed by atoms with Crippen molar-refractivity contribution < 1.29 is 0 Å². The summed E-state index contributed by atoms with van der Waals surface area (Å²) >= 11 is 3.46. The molecule has 0 aliphatic carbocycles. The summed E-state index contributed by atoms with van der Waals surface area (Å²) in [5.41, 5.74) is 2.33. The molecule has 0 saturated carbocycles. The molecular formula is C17H22BrIN4. The SMILES string of the molecule is CN=C(NCCc1ccccn1)N(C)Cc1ccc(Br)cc1.I. The van der Waals surface area contributed by atoms with Gasteiger partial charge in [-0.1, -0.05) is 34.1 Å². The van der Waals surface area contributed by atoms with E-state index in [9.17, 15) is 0 Å². The first kappa shape index (κ1) is 19.9. The predicted octanol–water partition coefficient (Wildman–Crippen LogP) is 3.71. The second-order valence-corrected chi connectivity index (χ2v) is 5.94. The molecule has 0 saturated heterocycles. The third-order valence-electron chi connectivity index (χ3n) is 3.30. The van der Waals surface area contributed by atoms with Crippen molar-refractivity contribution in [3.63, 3.8) is 0 Å². The van der Waals surface area contributed by atoms with Gasteiger partial charge >= 0.3 is 0 Å². The van der Waals surface area contributed by atoms with Crippen LogP contribution in [0, 0.1) is 0 Å². The molecule has 0 radical (unpaired) electrons. The number of halogens is 2. The average Bonchev–Trinajstić information content (AvgIpc) is 2.54. The Hall–Kier alpha value is -1.15. The van der Waals surface area contributed by atoms with Crippen LogP contribution in [0.5, 0.6) is 0 Å². The van der Waals surface area contributed by atoms with Gasteiger partial charge < -0.3 is 10.2 Å². The van der Waals surface area contributed by atoms with Crippen molar-refractivity contribution in [3.8, 4) is 0 Å². The first-order chi connectivity index (χ1) is 10.7. The van der Waals surface area contributed by atoms with E-state index in [0.29, 0.717) is 0 Å². The number of pyridine rings is 1. The van der Waals surface area contributed by atoms with Crippen LogP contribution in [0.3, 0.4) is 0 Å². The molecule has 1 N–H and O–H groups in total. The maximum atomic E-state index is 4.33. The molecule has 0 spiro atoms. The zero-order chi connectivity index (χ0) is 15.8. The third kappa shape index (κ3) is 6.87. The van der Waals surface area contributed by atoms with E-state index in [-0.39, 0.29) is 24.0 Å². The molecule has 0 fully saturated rings. The van der Waals surface area contributed by atoms with Gasteiger partial charge in [0.25, 0.3) is 0 Å². The number of hydrogen-bond donors (Lipinski definition) is 1. The number of nitrogens with one attached hydrogen (secondary N) is 1. The minimum atomic E-state index is 0. The topological polar surface area (TPSA) is 40.5 Å². The first-order valence-corrected chi connectivity index (χ1v) is 8.04. The van der Waals surface area contributed by atoms with Crippen molar-refractivity contribution >= 4 is 45.9 Å². The van der Waals surface area contributed by atoms with E-state index in [4.69, 9.17) is 0 Å². The van der Waals surface area contributed by atoms with Gasteiger partial charge in [0.05, 0.1) is 0 Å². The summed E-state index contributed by atoms with van der Waals surface area (Å²) in [4.78, 5) is 10.8. The average molecular weight is 489 g/mol. The molecule has 124 valence electrons. The Balaban J connectivity index is 0.00000264. The van der Waals surface area contributed by atoms with Crippen LogP contribution in [-0.4, -0.2) is 36.5 Å². The lowest BCUT2D eigenvalue weighted by Gasteiger charge is -2.22. The lowest BCUT2D eigenvalue weighted by Crippen LogP contribution is -2.39. The third-order valence-corrected chi connectivity index (χ3v) is 3.83. The Morgan fingerprint density at radius 1 is 1.22 bits per heavy atom. The van der Waals surface area contributed by atoms with E-state index in [1.54, 1.807) is 7.05 Å². The molecule has 0 bridgehead atoms. The second-order valence-electron chi connectivity index (χ2n) is 5.03. The Labute approximate surface area is 163 Å². The van der Waals surface area contributed by atoms with Crippen molar-refractivity contribution in [2.45, 2.75) is 13.0 Å². The zero-order valence-corrected chi connectivity index (χ0v) is 17.3. The van der Waals surface area contributed by atoms with Gasteiger partial charge in [0, 0.05) is 50.0 Å². The van der Waals surface area contributed by atoms with Crippen molar-refractivity contribution in [2.75, 3.05) is 20.6 Å². The smallest absolute Gasteiger partial charge is 0.193 e. The highest BCUT2D eigenvalue weighted by molar-refractivity contribution is 14.0. The Morgan fingerprint density at radius 2 is 1.96 bits per heavy atom. The van der Waals surface area contributed by atoms with Gasteiger partial charge in [-0.2, -0.15) is 0 Å². The van der Waals surface area contributed by atoms with Gasteiger partial charge in [-0.05, 0) is 29.8 Å². The van der Waals surface area contributed by atoms with E-state index in [1.807, 2.05) is 31.4 Å². The van der Waals surface area contributed by atoms with Crippen LogP contribution in [0.4, 0.5) is 0 Å². The molecule has 6 heteroatoms. The normalized spacial score (nSPS) is 10.8. The first-order valence-electron chi connectivity index (χ1n) is 7.25. The molecule has 0 aliphatic rings. The molecule has 0 atom stereocenters. The Morgan fingerprint density at radius 3 is 2.57 bits per heavy atom. The van der Waals surface area contributed by atoms with Crippen molar-refractivity contribution in [1.82, 2.24) is 15.2 Å². The van der Waals surface area contributed by atoms with Gasteiger partial charge in [0.15, 0.2) is 5.96 Å². The number of hydrogen-bond acceptors (Lipinski definition) is 2. The van der Waals surface area contributed by atoms with E-state index in [2.05, 4.69) is 60.4 Å². The van der Waals surface area contributed by atoms with Crippen LogP contribution < -0.4 is 5.32 Å². The van der Waals surface area contributed by atoms with Gasteiger partial charge in [-0.3, -0.25) is 9.98 Å². The fourth-order valence-corrected chi connectivity index (χ4v) is 2.44. The number of rotatable bonds is 5. The van der Waals surface area contributed by atoms with Crippen molar-refractivity contribution in [2.24, 2.45) is 4.99 Å². The van der Waals surface area contributed by atoms with Crippen LogP contribution in [0.15, 0.2) is 58.1 Å². The molecule has 0 amide bonds. The van der Waals surface area contributed by atoms with E-state index >= 15 is 0 Å². The molecule has 23 heavy (non-hydrogen) atoms. The second kappa shape index (κ2) is 10.6. The number of aromatic nitrogens is 1. The van der Waals surface area contributed by atoms with Crippen LogP contribution in [-0.2, 0) is 13.0 Å². The van der Waals surface area contributed by atoms with Gasteiger partial charge in [0.1, 0.15) is 0 Å². The zero-order valence-electron chi connectivity index (χ0n) is 13.4. The number of guanidine groups is 1. The molecule has 2 aromatic rings. The molecule has 4 nitrogen and oxygen atoms in total. The molecule has 0 unspecified atom stereocenters. The highest BCUT2D eigenvalue weighted by Crippen LogP contribution is 2.11. The largest absolute Gasteiger partial charge is 0.356 e. The number of aliphatic imine (C=N–C) groups is 1. The summed E-state index contributed by atoms with van der Waals surface area (Å²) in [6.45, 7) is 1.63. The number of benzene rings is 1. The quantitative estimate of drug-likeness (QED) is 0.396. The van der Waals surface area contributed by atoms with Gasteiger partial charge in [0.2, 0.25) is 0 Å². The molecule has 1 heterocycles. The summed E-state index contributed by atoms with van der Waals surface area (Å²) in [5, 5.41) is 3.38. The summed E-state index contributed by atoms with van der Waals surface area (Å²) < 4.78 is 1.09. The minimum Gasteiger partial charge on any atom is -0.356 e. The van der Waals surface area contributed by atoms with Crippen molar-refractivity contribution in [1.29, 1.82) is 0 Å². The molecular weight excluding hydrogens is 467 g/mol. The highest BCUT2D eigenvalue weighted by atomic mass is 127. The van der Waals surface area contributed by atoms with E-state index in [1.165, 1.54) is 5.56 Å². The summed E-state index contributed by atoms with van der Waals surface area (Å²) in [7, 11) is 3.85. The molecule has 1 aromatic heterocycles. The molecule has 2 rings (SSSR count). The maximum Gasteiger partial charge on any atom is 0.193 e. The van der Waals surface area contributed by atoms with E-state index < -0.39 is 0 Å². The van der Waals surface area contributed by atoms with Crippen LogP contribution in [0.1, 0.15) is 11.3 Å². The lowest BCUT2D eigenvalue weighted by atomic mass is 10.2. The molecule has 1 aromatic carbocycles. The maximum absolute atomic E-state index is 4.33. The van der Waals surface area contributed by atoms with Crippen molar-refractivity contribution in [3.05, 3.63) is 64.4 Å². The van der Waals surface area contributed by atoms with E-state index in [0.717, 1.165) is 35.6 Å². The van der Waals surface area contributed by atoms with Crippen LogP contribution in [0.2, 0.25) is 0 Å². The fourth-order valence-electron chi connectivity index (χ4n) is 2.17. The highest BCUT2D eigenvalue weighted by Gasteiger charge is 2.06. The Kier molecular flexibility index (Phi) is 9.16. The fraction of sp³-hybridized carbons (Fsp3) is 0.294. The molecule has 0 aliphatic heterocycles. The lowest BCUT2D eigenvalue weighted by molar-refractivity contribution is 0.477. The summed E-state index contributed by atoms with van der Waals surface area (Å²) in [6, 6.07) is 14.3.